The van der Waals surface area contributed by atoms with Crippen LogP contribution in [0.15, 0.2) is 33.7 Å². The van der Waals surface area contributed by atoms with E-state index in [9.17, 15) is 4.21 Å². The maximum Gasteiger partial charge on any atom is 0.242 e. The van der Waals surface area contributed by atoms with Crippen LogP contribution in [0.4, 0.5) is 0 Å². The minimum absolute atomic E-state index is 0.191. The molecule has 1 aromatic heterocycles. The Morgan fingerprint density at radius 1 is 1.24 bits per heavy atom. The van der Waals surface area contributed by atoms with Gasteiger partial charge in [-0.15, -0.1) is 0 Å². The van der Waals surface area contributed by atoms with E-state index in [0.29, 0.717) is 16.6 Å². The molecule has 0 amide bonds. The van der Waals surface area contributed by atoms with Gasteiger partial charge in [-0.3, -0.25) is 4.21 Å². The van der Waals surface area contributed by atoms with Crippen molar-refractivity contribution < 1.29 is 13.5 Å². The van der Waals surface area contributed by atoms with Gasteiger partial charge >= 0.3 is 0 Å². The van der Waals surface area contributed by atoms with Crippen molar-refractivity contribution in [2.24, 2.45) is 0 Å². The average Bonchev–Trinajstić information content (AvgIpc) is 2.95. The number of benzene rings is 1. The molecular formula is C15H20N2O3S. The second-order valence-corrected chi connectivity index (χ2v) is 7.59. The number of aromatic nitrogens is 2. The van der Waals surface area contributed by atoms with E-state index in [1.807, 2.05) is 27.7 Å². The van der Waals surface area contributed by atoms with Gasteiger partial charge in [-0.2, -0.15) is 4.98 Å². The fourth-order valence-corrected chi connectivity index (χ4v) is 2.80. The predicted octanol–water partition coefficient (Wildman–Crippen LogP) is 3.24. The summed E-state index contributed by atoms with van der Waals surface area (Å²) < 4.78 is 22.9. The second kappa shape index (κ2) is 5.97. The van der Waals surface area contributed by atoms with Crippen LogP contribution in [0, 0.1) is 0 Å². The van der Waals surface area contributed by atoms with Crippen LogP contribution in [0.1, 0.15) is 44.7 Å². The summed E-state index contributed by atoms with van der Waals surface area (Å²) in [4.78, 5) is 5.07. The summed E-state index contributed by atoms with van der Waals surface area (Å²) in [7, 11) is 0.344. The molecule has 0 fully saturated rings. The molecule has 5 nitrogen and oxygen atoms in total. The molecule has 0 N–H and O–H groups in total. The van der Waals surface area contributed by atoms with Crippen LogP contribution in [-0.2, 0) is 16.2 Å². The standard InChI is InChI=1S/C15H20N2O3S/c1-10(13-16-14(17-20-13)15(2,3)4)21(18)12-8-6-11(19-5)7-9-12/h6-10H,1-5H3. The lowest BCUT2D eigenvalue weighted by molar-refractivity contribution is 0.363. The van der Waals surface area contributed by atoms with Gasteiger partial charge in [-0.05, 0) is 31.2 Å². The Kier molecular flexibility index (Phi) is 4.46. The Hall–Kier alpha value is -1.69. The van der Waals surface area contributed by atoms with Gasteiger partial charge in [0.25, 0.3) is 0 Å². The summed E-state index contributed by atoms with van der Waals surface area (Å²) in [5.74, 6) is 1.75. The van der Waals surface area contributed by atoms with E-state index in [0.717, 1.165) is 5.75 Å². The number of rotatable bonds is 4. The molecule has 0 saturated carbocycles. The summed E-state index contributed by atoms with van der Waals surface area (Å²) in [6.07, 6.45) is 0. The first-order valence-electron chi connectivity index (χ1n) is 6.71. The van der Waals surface area contributed by atoms with Crippen LogP contribution in [0.25, 0.3) is 0 Å². The van der Waals surface area contributed by atoms with Crippen LogP contribution in [-0.4, -0.2) is 21.5 Å². The van der Waals surface area contributed by atoms with E-state index in [4.69, 9.17) is 9.26 Å². The number of nitrogens with zero attached hydrogens (tertiary/aromatic N) is 2. The molecule has 2 rings (SSSR count). The number of hydrogen-bond donors (Lipinski definition) is 0. The normalized spacial score (nSPS) is 14.7. The number of hydrogen-bond acceptors (Lipinski definition) is 5. The van der Waals surface area contributed by atoms with Crippen LogP contribution >= 0.6 is 0 Å². The van der Waals surface area contributed by atoms with E-state index < -0.39 is 10.8 Å². The molecule has 21 heavy (non-hydrogen) atoms. The van der Waals surface area contributed by atoms with Gasteiger partial charge in [0, 0.05) is 10.3 Å². The van der Waals surface area contributed by atoms with Gasteiger partial charge in [0.1, 0.15) is 11.0 Å². The van der Waals surface area contributed by atoms with Gasteiger partial charge < -0.3 is 9.26 Å². The Morgan fingerprint density at radius 2 is 1.86 bits per heavy atom. The molecule has 2 aromatic rings. The van der Waals surface area contributed by atoms with E-state index in [2.05, 4.69) is 10.1 Å². The third kappa shape index (κ3) is 3.50. The first kappa shape index (κ1) is 15.7. The molecule has 1 heterocycles. The minimum atomic E-state index is -1.25. The Bertz CT molecular complexity index is 629. The Balaban J connectivity index is 2.20. The highest BCUT2D eigenvalue weighted by molar-refractivity contribution is 7.85. The smallest absolute Gasteiger partial charge is 0.242 e. The molecular weight excluding hydrogens is 288 g/mol. The summed E-state index contributed by atoms with van der Waals surface area (Å²) >= 11 is 0. The van der Waals surface area contributed by atoms with E-state index >= 15 is 0 Å². The highest BCUT2D eigenvalue weighted by atomic mass is 32.2. The quantitative estimate of drug-likeness (QED) is 0.867. The van der Waals surface area contributed by atoms with Gasteiger partial charge in [-0.25, -0.2) is 0 Å². The molecule has 0 aliphatic carbocycles. The van der Waals surface area contributed by atoms with Crippen LogP contribution in [0.2, 0.25) is 0 Å². The number of methoxy groups -OCH3 is 1. The fourth-order valence-electron chi connectivity index (χ4n) is 1.71. The van der Waals surface area contributed by atoms with Crippen molar-refractivity contribution in [2.75, 3.05) is 7.11 Å². The monoisotopic (exact) mass is 308 g/mol. The largest absolute Gasteiger partial charge is 0.497 e. The maximum absolute atomic E-state index is 12.5. The van der Waals surface area contributed by atoms with Gasteiger partial charge in [0.15, 0.2) is 5.82 Å². The molecule has 0 aliphatic rings. The van der Waals surface area contributed by atoms with E-state index in [1.54, 1.807) is 31.4 Å². The molecule has 0 radical (unpaired) electrons. The molecule has 114 valence electrons. The van der Waals surface area contributed by atoms with Crippen molar-refractivity contribution in [2.45, 2.75) is 43.3 Å². The van der Waals surface area contributed by atoms with Crippen molar-refractivity contribution in [3.63, 3.8) is 0 Å². The molecule has 0 aliphatic heterocycles. The first-order valence-corrected chi connectivity index (χ1v) is 7.93. The Morgan fingerprint density at radius 3 is 2.33 bits per heavy atom. The topological polar surface area (TPSA) is 65.2 Å². The predicted molar refractivity (Wildman–Crippen MR) is 80.8 cm³/mol. The second-order valence-electron chi connectivity index (χ2n) is 5.82. The van der Waals surface area contributed by atoms with Crippen molar-refractivity contribution in [1.82, 2.24) is 10.1 Å². The van der Waals surface area contributed by atoms with Crippen molar-refractivity contribution in [1.29, 1.82) is 0 Å². The van der Waals surface area contributed by atoms with E-state index in [-0.39, 0.29) is 10.7 Å². The zero-order chi connectivity index (χ0) is 15.6. The zero-order valence-corrected chi connectivity index (χ0v) is 13.7. The molecule has 0 bridgehead atoms. The van der Waals surface area contributed by atoms with Gasteiger partial charge in [-0.1, -0.05) is 25.9 Å². The maximum atomic E-state index is 12.5. The molecule has 2 unspecified atom stereocenters. The lowest BCUT2D eigenvalue weighted by atomic mass is 9.96. The van der Waals surface area contributed by atoms with Crippen LogP contribution in [0.5, 0.6) is 5.75 Å². The van der Waals surface area contributed by atoms with Crippen molar-refractivity contribution >= 4 is 10.8 Å². The minimum Gasteiger partial charge on any atom is -0.497 e. The number of ether oxygens (including phenoxy) is 1. The van der Waals surface area contributed by atoms with Gasteiger partial charge in [0.2, 0.25) is 5.89 Å². The fraction of sp³-hybridized carbons (Fsp3) is 0.467. The molecule has 0 saturated heterocycles. The zero-order valence-electron chi connectivity index (χ0n) is 12.9. The first-order chi connectivity index (χ1) is 9.82. The third-order valence-electron chi connectivity index (χ3n) is 3.07. The highest BCUT2D eigenvalue weighted by Crippen LogP contribution is 2.27. The summed E-state index contributed by atoms with van der Waals surface area (Å²) in [6, 6.07) is 7.14. The van der Waals surface area contributed by atoms with Crippen LogP contribution < -0.4 is 4.74 Å². The summed E-state index contributed by atoms with van der Waals surface area (Å²) in [6.45, 7) is 7.84. The third-order valence-corrected chi connectivity index (χ3v) is 4.65. The van der Waals surface area contributed by atoms with Crippen molar-refractivity contribution in [3.05, 3.63) is 36.0 Å². The Labute approximate surface area is 127 Å². The molecule has 2 atom stereocenters. The molecule has 6 heteroatoms. The lowest BCUT2D eigenvalue weighted by Crippen LogP contribution is -2.13. The SMILES string of the molecule is COc1ccc(S(=O)C(C)c2nc(C(C)(C)C)no2)cc1. The average molecular weight is 308 g/mol. The summed E-state index contributed by atoms with van der Waals surface area (Å²) in [5, 5.41) is 3.61. The van der Waals surface area contributed by atoms with Crippen LogP contribution in [0.3, 0.4) is 0 Å². The van der Waals surface area contributed by atoms with Gasteiger partial charge in [0.05, 0.1) is 17.9 Å². The highest BCUT2D eigenvalue weighted by Gasteiger charge is 2.26. The van der Waals surface area contributed by atoms with Crippen molar-refractivity contribution in [3.8, 4) is 5.75 Å². The molecule has 1 aromatic carbocycles. The molecule has 0 spiro atoms. The lowest BCUT2D eigenvalue weighted by Gasteiger charge is -2.11. The summed E-state index contributed by atoms with van der Waals surface area (Å²) in [5.41, 5.74) is -0.191. The van der Waals surface area contributed by atoms with E-state index in [1.165, 1.54) is 0 Å².